The van der Waals surface area contributed by atoms with Gasteiger partial charge in [0.1, 0.15) is 5.75 Å². The van der Waals surface area contributed by atoms with Crippen LogP contribution in [-0.4, -0.2) is 30.4 Å². The Balaban J connectivity index is 1.77. The molecule has 3 N–H and O–H groups in total. The van der Waals surface area contributed by atoms with E-state index in [4.69, 9.17) is 4.74 Å². The van der Waals surface area contributed by atoms with Gasteiger partial charge in [0.15, 0.2) is 0 Å². The smallest absolute Gasteiger partial charge is 0.407 e. The third-order valence-electron chi connectivity index (χ3n) is 3.46. The molecule has 1 aliphatic heterocycles. The Morgan fingerprint density at radius 3 is 3.15 bits per heavy atom. The van der Waals surface area contributed by atoms with E-state index in [0.29, 0.717) is 13.2 Å². The molecule has 1 aromatic rings. The lowest BCUT2D eigenvalue weighted by atomic mass is 9.95. The van der Waals surface area contributed by atoms with Crippen LogP contribution in [0.4, 0.5) is 4.79 Å². The summed E-state index contributed by atoms with van der Waals surface area (Å²) in [4.78, 5) is 11.5. The van der Waals surface area contributed by atoms with Gasteiger partial charge in [-0.2, -0.15) is 0 Å². The number of carbonyl (C=O) groups excluding carboxylic acids is 1. The molecule has 5 nitrogen and oxygen atoms in total. The minimum Gasteiger partial charge on any atom is -0.508 e. The van der Waals surface area contributed by atoms with E-state index in [9.17, 15) is 9.90 Å². The Labute approximate surface area is 119 Å². The summed E-state index contributed by atoms with van der Waals surface area (Å²) in [6.07, 6.45) is 2.33. The first-order chi connectivity index (χ1) is 9.69. The molecule has 0 saturated heterocycles. The SMILES string of the molecule is CCCCOC(=O)NCC1Cc2cc(O)ccc2CN1. The summed E-state index contributed by atoms with van der Waals surface area (Å²) in [7, 11) is 0. The molecule has 0 bridgehead atoms. The van der Waals surface area contributed by atoms with Crippen LogP contribution in [0, 0.1) is 0 Å². The second kappa shape index (κ2) is 7.14. The summed E-state index contributed by atoms with van der Waals surface area (Å²) in [5, 5.41) is 15.6. The van der Waals surface area contributed by atoms with Crippen molar-refractivity contribution in [3.8, 4) is 5.75 Å². The summed E-state index contributed by atoms with van der Waals surface area (Å²) in [5.74, 6) is 0.288. The number of aromatic hydroxyl groups is 1. The zero-order valence-corrected chi connectivity index (χ0v) is 11.8. The zero-order valence-electron chi connectivity index (χ0n) is 11.8. The van der Waals surface area contributed by atoms with Crippen molar-refractivity contribution in [2.24, 2.45) is 0 Å². The molecule has 1 amide bonds. The average Bonchev–Trinajstić information content (AvgIpc) is 2.45. The van der Waals surface area contributed by atoms with Crippen LogP contribution in [0.25, 0.3) is 0 Å². The van der Waals surface area contributed by atoms with Crippen molar-refractivity contribution in [2.45, 2.75) is 38.8 Å². The summed E-state index contributed by atoms with van der Waals surface area (Å²) >= 11 is 0. The van der Waals surface area contributed by atoms with Gasteiger partial charge in [-0.05, 0) is 36.1 Å². The molecular formula is C15H22N2O3. The van der Waals surface area contributed by atoms with E-state index in [1.807, 2.05) is 6.07 Å². The molecule has 0 aromatic heterocycles. The molecule has 1 aliphatic rings. The predicted molar refractivity (Wildman–Crippen MR) is 76.7 cm³/mol. The highest BCUT2D eigenvalue weighted by Gasteiger charge is 2.18. The van der Waals surface area contributed by atoms with Gasteiger partial charge in [0.05, 0.1) is 6.61 Å². The zero-order chi connectivity index (χ0) is 14.4. The van der Waals surface area contributed by atoms with Crippen molar-refractivity contribution in [1.82, 2.24) is 10.6 Å². The topological polar surface area (TPSA) is 70.6 Å². The molecule has 0 aliphatic carbocycles. The lowest BCUT2D eigenvalue weighted by Crippen LogP contribution is -2.44. The fourth-order valence-electron chi connectivity index (χ4n) is 2.28. The number of unbranched alkanes of at least 4 members (excludes halogenated alkanes) is 1. The van der Waals surface area contributed by atoms with Crippen molar-refractivity contribution in [2.75, 3.05) is 13.2 Å². The lowest BCUT2D eigenvalue weighted by Gasteiger charge is -2.26. The molecule has 1 atom stereocenters. The second-order valence-corrected chi connectivity index (χ2v) is 5.11. The van der Waals surface area contributed by atoms with Crippen LogP contribution in [0.3, 0.4) is 0 Å². The van der Waals surface area contributed by atoms with Crippen LogP contribution in [0.2, 0.25) is 0 Å². The Kier molecular flexibility index (Phi) is 5.24. The number of hydrogen-bond donors (Lipinski definition) is 3. The van der Waals surface area contributed by atoms with Crippen molar-refractivity contribution in [3.05, 3.63) is 29.3 Å². The number of hydrogen-bond acceptors (Lipinski definition) is 4. The highest BCUT2D eigenvalue weighted by molar-refractivity contribution is 5.67. The van der Waals surface area contributed by atoms with Crippen LogP contribution in [0.15, 0.2) is 18.2 Å². The summed E-state index contributed by atoms with van der Waals surface area (Å²) < 4.78 is 5.04. The normalized spacial score (nSPS) is 17.4. The van der Waals surface area contributed by atoms with Gasteiger partial charge in [0.25, 0.3) is 0 Å². The molecule has 1 aromatic carbocycles. The van der Waals surface area contributed by atoms with Crippen LogP contribution in [0.5, 0.6) is 5.75 Å². The van der Waals surface area contributed by atoms with Gasteiger partial charge in [-0.1, -0.05) is 19.4 Å². The van der Waals surface area contributed by atoms with E-state index in [-0.39, 0.29) is 17.9 Å². The van der Waals surface area contributed by atoms with Crippen molar-refractivity contribution in [3.63, 3.8) is 0 Å². The molecule has 0 saturated carbocycles. The maximum Gasteiger partial charge on any atom is 0.407 e. The van der Waals surface area contributed by atoms with Gasteiger partial charge in [-0.3, -0.25) is 0 Å². The standard InChI is InChI=1S/C15H22N2O3/c1-2-3-6-20-15(19)17-10-13-7-12-8-14(18)5-4-11(12)9-16-13/h4-5,8,13,16,18H,2-3,6-7,9-10H2,1H3,(H,17,19). The van der Waals surface area contributed by atoms with E-state index in [1.54, 1.807) is 12.1 Å². The van der Waals surface area contributed by atoms with E-state index in [2.05, 4.69) is 17.6 Å². The Morgan fingerprint density at radius 2 is 2.35 bits per heavy atom. The molecule has 20 heavy (non-hydrogen) atoms. The first-order valence-electron chi connectivity index (χ1n) is 7.14. The van der Waals surface area contributed by atoms with Crippen LogP contribution >= 0.6 is 0 Å². The number of phenolic OH excluding ortho intramolecular Hbond substituents is 1. The van der Waals surface area contributed by atoms with E-state index < -0.39 is 0 Å². The maximum absolute atomic E-state index is 11.5. The van der Waals surface area contributed by atoms with Gasteiger partial charge in [-0.15, -0.1) is 0 Å². The molecule has 1 unspecified atom stereocenters. The minimum atomic E-state index is -0.359. The molecule has 0 fully saturated rings. The van der Waals surface area contributed by atoms with Gasteiger partial charge >= 0.3 is 6.09 Å². The number of ether oxygens (including phenoxy) is 1. The summed E-state index contributed by atoms with van der Waals surface area (Å²) in [5.41, 5.74) is 2.33. The van der Waals surface area contributed by atoms with Crippen molar-refractivity contribution >= 4 is 6.09 Å². The van der Waals surface area contributed by atoms with E-state index in [1.165, 1.54) is 5.56 Å². The maximum atomic E-state index is 11.5. The number of alkyl carbamates (subject to hydrolysis) is 1. The Hall–Kier alpha value is -1.75. The predicted octanol–water partition coefficient (Wildman–Crippen LogP) is 1.93. The number of benzene rings is 1. The second-order valence-electron chi connectivity index (χ2n) is 5.11. The fourth-order valence-corrected chi connectivity index (χ4v) is 2.28. The molecule has 0 spiro atoms. The van der Waals surface area contributed by atoms with Gasteiger partial charge in [0.2, 0.25) is 0 Å². The third-order valence-corrected chi connectivity index (χ3v) is 3.46. The molecule has 0 radical (unpaired) electrons. The molecule has 2 rings (SSSR count). The van der Waals surface area contributed by atoms with Gasteiger partial charge < -0.3 is 20.5 Å². The number of rotatable bonds is 5. The van der Waals surface area contributed by atoms with Crippen molar-refractivity contribution in [1.29, 1.82) is 0 Å². The largest absolute Gasteiger partial charge is 0.508 e. The minimum absolute atomic E-state index is 0.169. The summed E-state index contributed by atoms with van der Waals surface area (Å²) in [6.45, 7) is 3.81. The highest BCUT2D eigenvalue weighted by Crippen LogP contribution is 2.21. The number of nitrogens with one attached hydrogen (secondary N) is 2. The number of fused-ring (bicyclic) bond motifs is 1. The van der Waals surface area contributed by atoms with Crippen molar-refractivity contribution < 1.29 is 14.6 Å². The van der Waals surface area contributed by atoms with E-state index >= 15 is 0 Å². The van der Waals surface area contributed by atoms with Crippen LogP contribution < -0.4 is 10.6 Å². The lowest BCUT2D eigenvalue weighted by molar-refractivity contribution is 0.143. The first kappa shape index (κ1) is 14.7. The highest BCUT2D eigenvalue weighted by atomic mass is 16.5. The molecule has 5 heteroatoms. The fraction of sp³-hybridized carbons (Fsp3) is 0.533. The third kappa shape index (κ3) is 4.13. The Morgan fingerprint density at radius 1 is 1.50 bits per heavy atom. The molecule has 1 heterocycles. The summed E-state index contributed by atoms with van der Waals surface area (Å²) in [6, 6.07) is 5.59. The monoisotopic (exact) mass is 278 g/mol. The van der Waals surface area contributed by atoms with E-state index in [0.717, 1.165) is 31.4 Å². The number of amides is 1. The molecule has 110 valence electrons. The van der Waals surface area contributed by atoms with Crippen LogP contribution in [0.1, 0.15) is 30.9 Å². The number of carbonyl (C=O) groups is 1. The van der Waals surface area contributed by atoms with Gasteiger partial charge in [-0.25, -0.2) is 4.79 Å². The Bertz CT molecular complexity index is 462. The van der Waals surface area contributed by atoms with Gasteiger partial charge in [0, 0.05) is 19.1 Å². The molecular weight excluding hydrogens is 256 g/mol. The average molecular weight is 278 g/mol. The first-order valence-corrected chi connectivity index (χ1v) is 7.14. The quantitative estimate of drug-likeness (QED) is 0.720. The number of phenols is 1. The van der Waals surface area contributed by atoms with Crippen LogP contribution in [-0.2, 0) is 17.7 Å².